The highest BCUT2D eigenvalue weighted by Crippen LogP contribution is 2.22. The fourth-order valence-electron chi connectivity index (χ4n) is 1.07. The predicted octanol–water partition coefficient (Wildman–Crippen LogP) is 1.87. The monoisotopic (exact) mass is 200 g/mol. The number of alkyl halides is 1. The molecule has 1 aromatic carbocycles. The van der Waals surface area contributed by atoms with E-state index in [9.17, 15) is 9.90 Å². The van der Waals surface area contributed by atoms with E-state index in [1.54, 1.807) is 12.1 Å². The van der Waals surface area contributed by atoms with E-state index in [0.29, 0.717) is 17.9 Å². The molecule has 0 spiro atoms. The fraction of sp³-hybridized carbons (Fsp3) is 0.222. The molecule has 0 bridgehead atoms. The number of halogens is 1. The lowest BCUT2D eigenvalue weighted by atomic mass is 10.1. The zero-order valence-corrected chi connectivity index (χ0v) is 7.58. The van der Waals surface area contributed by atoms with Gasteiger partial charge in [0.2, 0.25) is 0 Å². The van der Waals surface area contributed by atoms with Crippen LogP contribution in [0.4, 0.5) is 0 Å². The molecule has 1 rings (SSSR count). The lowest BCUT2D eigenvalue weighted by Crippen LogP contribution is -1.99. The molecule has 0 radical (unpaired) electrons. The third-order valence-corrected chi connectivity index (χ3v) is 1.90. The van der Waals surface area contributed by atoms with Gasteiger partial charge in [-0.05, 0) is 18.1 Å². The molecule has 0 fully saturated rings. The summed E-state index contributed by atoms with van der Waals surface area (Å²) in [5.41, 5.74) is 0.484. The number of aromatic hydroxyl groups is 1. The first-order chi connectivity index (χ1) is 6.16. The Labute approximate surface area is 80.6 Å². The molecule has 4 heteroatoms. The minimum absolute atomic E-state index is 0.0809. The van der Waals surface area contributed by atoms with Gasteiger partial charge in [0.1, 0.15) is 11.3 Å². The van der Waals surface area contributed by atoms with Crippen molar-refractivity contribution in [3.05, 3.63) is 29.3 Å². The Morgan fingerprint density at radius 3 is 2.69 bits per heavy atom. The minimum atomic E-state index is -1.13. The van der Waals surface area contributed by atoms with Gasteiger partial charge in [-0.2, -0.15) is 0 Å². The van der Waals surface area contributed by atoms with Crippen LogP contribution in [0, 0.1) is 0 Å². The Morgan fingerprint density at radius 2 is 2.15 bits per heavy atom. The van der Waals surface area contributed by atoms with Crippen molar-refractivity contribution < 1.29 is 15.0 Å². The van der Waals surface area contributed by atoms with Crippen LogP contribution in [0.3, 0.4) is 0 Å². The molecule has 0 heterocycles. The van der Waals surface area contributed by atoms with Gasteiger partial charge in [0.15, 0.2) is 0 Å². The number of aryl methyl sites for hydroxylation is 1. The van der Waals surface area contributed by atoms with Crippen molar-refractivity contribution in [2.45, 2.75) is 6.42 Å². The first kappa shape index (κ1) is 9.86. The van der Waals surface area contributed by atoms with Crippen molar-refractivity contribution in [2.75, 3.05) is 5.88 Å². The highest BCUT2D eigenvalue weighted by Gasteiger charge is 2.11. The Kier molecular flexibility index (Phi) is 3.14. The zero-order valence-electron chi connectivity index (χ0n) is 6.83. The zero-order chi connectivity index (χ0) is 9.84. The Balaban J connectivity index is 3.10. The van der Waals surface area contributed by atoms with E-state index in [0.717, 1.165) is 0 Å². The highest BCUT2D eigenvalue weighted by atomic mass is 35.5. The van der Waals surface area contributed by atoms with E-state index < -0.39 is 5.97 Å². The number of carbonyl (C=O) groups is 1. The van der Waals surface area contributed by atoms with Gasteiger partial charge >= 0.3 is 5.97 Å². The smallest absolute Gasteiger partial charge is 0.339 e. The number of aromatic carboxylic acids is 1. The number of benzene rings is 1. The molecule has 2 N–H and O–H groups in total. The summed E-state index contributed by atoms with van der Waals surface area (Å²) in [7, 11) is 0. The number of hydrogen-bond acceptors (Lipinski definition) is 2. The molecule has 13 heavy (non-hydrogen) atoms. The molecule has 3 nitrogen and oxygen atoms in total. The van der Waals surface area contributed by atoms with Gasteiger partial charge in [-0.3, -0.25) is 0 Å². The molecule has 0 amide bonds. The highest BCUT2D eigenvalue weighted by molar-refractivity contribution is 6.18. The van der Waals surface area contributed by atoms with Crippen LogP contribution in [-0.2, 0) is 6.42 Å². The second kappa shape index (κ2) is 4.14. The third-order valence-electron chi connectivity index (χ3n) is 1.71. The van der Waals surface area contributed by atoms with Crippen molar-refractivity contribution in [3.63, 3.8) is 0 Å². The summed E-state index contributed by atoms with van der Waals surface area (Å²) < 4.78 is 0. The molecule has 0 aliphatic carbocycles. The number of phenols is 1. The van der Waals surface area contributed by atoms with Crippen molar-refractivity contribution in [3.8, 4) is 5.75 Å². The van der Waals surface area contributed by atoms with E-state index >= 15 is 0 Å². The molecule has 1 aromatic rings. The lowest BCUT2D eigenvalue weighted by Gasteiger charge is -2.04. The van der Waals surface area contributed by atoms with Crippen molar-refractivity contribution in [1.82, 2.24) is 0 Å². The quantitative estimate of drug-likeness (QED) is 0.733. The first-order valence-corrected chi connectivity index (χ1v) is 4.30. The number of para-hydroxylation sites is 1. The molecule has 0 aromatic heterocycles. The molecule has 0 atom stereocenters. The van der Waals surface area contributed by atoms with Crippen molar-refractivity contribution >= 4 is 17.6 Å². The van der Waals surface area contributed by atoms with Gasteiger partial charge < -0.3 is 10.2 Å². The normalized spacial score (nSPS) is 9.92. The van der Waals surface area contributed by atoms with Crippen molar-refractivity contribution in [1.29, 1.82) is 0 Å². The minimum Gasteiger partial charge on any atom is -0.507 e. The second-order valence-corrected chi connectivity index (χ2v) is 2.94. The molecule has 70 valence electrons. The largest absolute Gasteiger partial charge is 0.507 e. The van der Waals surface area contributed by atoms with Gasteiger partial charge in [0.05, 0.1) is 0 Å². The Bertz CT molecular complexity index is 323. The lowest BCUT2D eigenvalue weighted by molar-refractivity contribution is 0.0693. The molecule has 0 unspecified atom stereocenters. The molecule has 0 aliphatic heterocycles. The van der Waals surface area contributed by atoms with Crippen LogP contribution in [0.1, 0.15) is 15.9 Å². The molecular formula is C9H9ClO3. The van der Waals surface area contributed by atoms with Gasteiger partial charge in [0, 0.05) is 5.88 Å². The van der Waals surface area contributed by atoms with E-state index in [1.165, 1.54) is 6.07 Å². The van der Waals surface area contributed by atoms with Gasteiger partial charge in [0.25, 0.3) is 0 Å². The standard InChI is InChI=1S/C9H9ClO3/c10-5-4-6-2-1-3-7(8(6)11)9(12)13/h1-3,11H,4-5H2,(H,12,13). The van der Waals surface area contributed by atoms with Crippen LogP contribution >= 0.6 is 11.6 Å². The summed E-state index contributed by atoms with van der Waals surface area (Å²) in [5.74, 6) is -0.957. The number of carboxylic acid groups (broad SMARTS) is 1. The maximum Gasteiger partial charge on any atom is 0.339 e. The topological polar surface area (TPSA) is 57.5 Å². The average Bonchev–Trinajstić information content (AvgIpc) is 2.08. The maximum absolute atomic E-state index is 10.6. The molecule has 0 saturated heterocycles. The van der Waals surface area contributed by atoms with Gasteiger partial charge in [-0.15, -0.1) is 11.6 Å². The van der Waals surface area contributed by atoms with E-state index in [-0.39, 0.29) is 11.3 Å². The average molecular weight is 201 g/mol. The summed E-state index contributed by atoms with van der Waals surface area (Å²) in [6, 6.07) is 4.60. The Morgan fingerprint density at radius 1 is 1.46 bits per heavy atom. The second-order valence-electron chi connectivity index (χ2n) is 2.56. The number of carboxylic acids is 1. The summed E-state index contributed by atoms with van der Waals surface area (Å²) in [6.45, 7) is 0. The summed E-state index contributed by atoms with van der Waals surface area (Å²) >= 11 is 5.48. The van der Waals surface area contributed by atoms with E-state index in [4.69, 9.17) is 16.7 Å². The maximum atomic E-state index is 10.6. The van der Waals surface area contributed by atoms with Crippen LogP contribution in [0.2, 0.25) is 0 Å². The summed E-state index contributed by atoms with van der Waals surface area (Å²) in [4.78, 5) is 10.6. The third kappa shape index (κ3) is 2.12. The predicted molar refractivity (Wildman–Crippen MR) is 49.5 cm³/mol. The van der Waals surface area contributed by atoms with Gasteiger partial charge in [-0.25, -0.2) is 4.79 Å². The SMILES string of the molecule is O=C(O)c1cccc(CCCl)c1O. The van der Waals surface area contributed by atoms with Gasteiger partial charge in [-0.1, -0.05) is 12.1 Å². The van der Waals surface area contributed by atoms with Crippen LogP contribution < -0.4 is 0 Å². The Hall–Kier alpha value is -1.22. The molecule has 0 aliphatic rings. The van der Waals surface area contributed by atoms with Crippen LogP contribution in [0.25, 0.3) is 0 Å². The van der Waals surface area contributed by atoms with Crippen LogP contribution in [0.5, 0.6) is 5.75 Å². The van der Waals surface area contributed by atoms with Crippen LogP contribution in [0.15, 0.2) is 18.2 Å². The number of hydrogen-bond donors (Lipinski definition) is 2. The van der Waals surface area contributed by atoms with Crippen molar-refractivity contribution in [2.24, 2.45) is 0 Å². The van der Waals surface area contributed by atoms with E-state index in [1.807, 2.05) is 0 Å². The molecule has 0 saturated carbocycles. The van der Waals surface area contributed by atoms with Crippen LogP contribution in [-0.4, -0.2) is 22.1 Å². The van der Waals surface area contributed by atoms with E-state index in [2.05, 4.69) is 0 Å². The first-order valence-electron chi connectivity index (χ1n) is 3.77. The molecular weight excluding hydrogens is 192 g/mol. The summed E-state index contributed by atoms with van der Waals surface area (Å²) in [6.07, 6.45) is 0.467. The summed E-state index contributed by atoms with van der Waals surface area (Å²) in [5, 5.41) is 18.1. The number of rotatable bonds is 3. The fourth-order valence-corrected chi connectivity index (χ4v) is 1.27.